The number of nitrogens with zero attached hydrogens (tertiary/aromatic N) is 5. The number of hydrogen-bond acceptors (Lipinski definition) is 7. The Balaban J connectivity index is 1.63. The summed E-state index contributed by atoms with van der Waals surface area (Å²) in [6, 6.07) is 5.94. The number of anilines is 1. The first-order chi connectivity index (χ1) is 11.2. The van der Waals surface area contributed by atoms with Crippen LogP contribution in [0.2, 0.25) is 0 Å². The smallest absolute Gasteiger partial charge is 0.223 e. The summed E-state index contributed by atoms with van der Waals surface area (Å²) in [6.07, 6.45) is 3.46. The third kappa shape index (κ3) is 4.04. The van der Waals surface area contributed by atoms with Crippen LogP contribution >= 0.6 is 11.8 Å². The topological polar surface area (TPSA) is 92.3 Å². The van der Waals surface area contributed by atoms with Crippen molar-refractivity contribution in [3.63, 3.8) is 0 Å². The number of aryl methyl sites for hydroxylation is 2. The normalized spacial score (nSPS) is 10.7. The molecule has 3 rings (SSSR count). The van der Waals surface area contributed by atoms with Gasteiger partial charge in [0.05, 0.1) is 11.9 Å². The van der Waals surface area contributed by atoms with E-state index in [9.17, 15) is 0 Å². The van der Waals surface area contributed by atoms with Gasteiger partial charge in [0.2, 0.25) is 5.95 Å². The number of nitrogens with one attached hydrogen (secondary N) is 2. The van der Waals surface area contributed by atoms with Crippen molar-refractivity contribution in [1.29, 1.82) is 0 Å². The van der Waals surface area contributed by atoms with Crippen molar-refractivity contribution in [1.82, 2.24) is 30.4 Å². The van der Waals surface area contributed by atoms with E-state index < -0.39 is 0 Å². The fourth-order valence-corrected chi connectivity index (χ4v) is 2.78. The van der Waals surface area contributed by atoms with Crippen LogP contribution in [0.15, 0.2) is 35.6 Å². The van der Waals surface area contributed by atoms with Gasteiger partial charge in [0, 0.05) is 35.4 Å². The largest absolute Gasteiger partial charge is 0.353 e. The highest BCUT2D eigenvalue weighted by Crippen LogP contribution is 2.21. The van der Waals surface area contributed by atoms with E-state index in [-0.39, 0.29) is 0 Å². The number of thioether (sulfide) groups is 1. The highest BCUT2D eigenvalue weighted by atomic mass is 32.2. The quantitative estimate of drug-likeness (QED) is 0.531. The van der Waals surface area contributed by atoms with Crippen LogP contribution in [0.5, 0.6) is 0 Å². The Morgan fingerprint density at radius 2 is 2.09 bits per heavy atom. The van der Waals surface area contributed by atoms with Crippen molar-refractivity contribution in [2.75, 3.05) is 17.6 Å². The molecule has 0 saturated heterocycles. The minimum absolute atomic E-state index is 0.614. The Kier molecular flexibility index (Phi) is 4.82. The zero-order chi connectivity index (χ0) is 16.1. The van der Waals surface area contributed by atoms with Crippen molar-refractivity contribution >= 4 is 17.7 Å². The summed E-state index contributed by atoms with van der Waals surface area (Å²) in [5.41, 5.74) is 3.87. The van der Waals surface area contributed by atoms with Crippen LogP contribution in [-0.2, 0) is 0 Å². The maximum Gasteiger partial charge on any atom is 0.223 e. The average Bonchev–Trinajstić information content (AvgIpc) is 3.05. The fourth-order valence-electron chi connectivity index (χ4n) is 2.13. The highest BCUT2D eigenvalue weighted by molar-refractivity contribution is 7.99. The predicted octanol–water partition coefficient (Wildman–Crippen LogP) is 2.48. The summed E-state index contributed by atoms with van der Waals surface area (Å²) in [7, 11) is 0. The van der Waals surface area contributed by atoms with Gasteiger partial charge in [-0.3, -0.25) is 4.98 Å². The van der Waals surface area contributed by atoms with Crippen LogP contribution in [0.25, 0.3) is 11.3 Å². The van der Waals surface area contributed by atoms with E-state index >= 15 is 0 Å². The molecular formula is C15H17N7S. The predicted molar refractivity (Wildman–Crippen MR) is 90.3 cm³/mol. The van der Waals surface area contributed by atoms with Crippen LogP contribution in [0, 0.1) is 13.8 Å². The van der Waals surface area contributed by atoms with Crippen molar-refractivity contribution in [3.05, 3.63) is 42.0 Å². The van der Waals surface area contributed by atoms with Crippen LogP contribution < -0.4 is 5.32 Å². The number of pyridine rings is 1. The molecule has 0 aliphatic heterocycles. The molecular weight excluding hydrogens is 310 g/mol. The standard InChI is InChI=1S/C15H17N7S/c1-10-3-4-12(11(2)19-10)13-5-6-16-15(20-13)17-7-8-23-14-9-18-22-21-14/h3-6,9H,7-8H2,1-2H3,(H,16,17,20)(H,18,21,22). The van der Waals surface area contributed by atoms with Gasteiger partial charge in [-0.2, -0.15) is 10.3 Å². The Morgan fingerprint density at radius 1 is 1.17 bits per heavy atom. The molecule has 8 heteroatoms. The van der Waals surface area contributed by atoms with Gasteiger partial charge in [0.15, 0.2) is 0 Å². The first kappa shape index (κ1) is 15.4. The van der Waals surface area contributed by atoms with Crippen molar-refractivity contribution in [2.24, 2.45) is 0 Å². The van der Waals surface area contributed by atoms with E-state index in [0.29, 0.717) is 5.95 Å². The molecule has 23 heavy (non-hydrogen) atoms. The van der Waals surface area contributed by atoms with Crippen LogP contribution in [-0.4, -0.2) is 42.7 Å². The second-order valence-corrected chi connectivity index (χ2v) is 6.05. The third-order valence-electron chi connectivity index (χ3n) is 3.18. The molecule has 118 valence electrons. The molecule has 0 saturated carbocycles. The lowest BCUT2D eigenvalue weighted by Crippen LogP contribution is -2.08. The monoisotopic (exact) mass is 327 g/mol. The first-order valence-corrected chi connectivity index (χ1v) is 8.21. The van der Waals surface area contributed by atoms with E-state index in [1.54, 1.807) is 24.2 Å². The fraction of sp³-hybridized carbons (Fsp3) is 0.267. The van der Waals surface area contributed by atoms with E-state index in [0.717, 1.165) is 40.0 Å². The molecule has 3 heterocycles. The SMILES string of the molecule is Cc1ccc(-c2ccnc(NCCSc3cn[nH]n3)n2)c(C)n1. The molecule has 0 aliphatic rings. The van der Waals surface area contributed by atoms with Gasteiger partial charge < -0.3 is 5.32 Å². The van der Waals surface area contributed by atoms with Crippen LogP contribution in [0.3, 0.4) is 0 Å². The molecule has 2 N–H and O–H groups in total. The number of rotatable bonds is 6. The Labute approximate surface area is 138 Å². The molecule has 0 atom stereocenters. The molecule has 7 nitrogen and oxygen atoms in total. The van der Waals surface area contributed by atoms with Gasteiger partial charge in [0.1, 0.15) is 5.03 Å². The third-order valence-corrected chi connectivity index (χ3v) is 4.09. The van der Waals surface area contributed by atoms with Gasteiger partial charge in [-0.25, -0.2) is 9.97 Å². The maximum atomic E-state index is 4.56. The molecule has 0 aromatic carbocycles. The Hall–Kier alpha value is -2.48. The van der Waals surface area contributed by atoms with Gasteiger partial charge in [0.25, 0.3) is 0 Å². The Morgan fingerprint density at radius 3 is 2.87 bits per heavy atom. The summed E-state index contributed by atoms with van der Waals surface area (Å²) in [4.78, 5) is 13.3. The number of aromatic amines is 1. The first-order valence-electron chi connectivity index (χ1n) is 7.22. The van der Waals surface area contributed by atoms with Gasteiger partial charge in [-0.05, 0) is 32.0 Å². The minimum Gasteiger partial charge on any atom is -0.353 e. The lowest BCUT2D eigenvalue weighted by Gasteiger charge is -2.08. The van der Waals surface area contributed by atoms with E-state index in [1.807, 2.05) is 32.0 Å². The summed E-state index contributed by atoms with van der Waals surface area (Å²) in [5, 5.41) is 14.5. The summed E-state index contributed by atoms with van der Waals surface area (Å²) >= 11 is 1.62. The average molecular weight is 327 g/mol. The molecule has 3 aromatic heterocycles. The Bertz CT molecular complexity index is 773. The number of hydrogen-bond donors (Lipinski definition) is 2. The van der Waals surface area contributed by atoms with Crippen molar-refractivity contribution in [3.8, 4) is 11.3 Å². The lowest BCUT2D eigenvalue weighted by atomic mass is 10.1. The number of H-pyrrole nitrogens is 1. The van der Waals surface area contributed by atoms with Crippen molar-refractivity contribution in [2.45, 2.75) is 18.9 Å². The second kappa shape index (κ2) is 7.19. The molecule has 0 radical (unpaired) electrons. The zero-order valence-corrected chi connectivity index (χ0v) is 13.8. The highest BCUT2D eigenvalue weighted by Gasteiger charge is 2.06. The van der Waals surface area contributed by atoms with Crippen LogP contribution in [0.1, 0.15) is 11.4 Å². The lowest BCUT2D eigenvalue weighted by molar-refractivity contribution is 0.911. The van der Waals surface area contributed by atoms with Crippen LogP contribution in [0.4, 0.5) is 5.95 Å². The summed E-state index contributed by atoms with van der Waals surface area (Å²) in [5.74, 6) is 1.47. The second-order valence-electron chi connectivity index (χ2n) is 4.93. The molecule has 3 aromatic rings. The van der Waals surface area contributed by atoms with E-state index in [2.05, 4.69) is 35.7 Å². The minimum atomic E-state index is 0.614. The van der Waals surface area contributed by atoms with Gasteiger partial charge >= 0.3 is 0 Å². The zero-order valence-electron chi connectivity index (χ0n) is 12.9. The van der Waals surface area contributed by atoms with E-state index in [4.69, 9.17) is 0 Å². The van der Waals surface area contributed by atoms with Gasteiger partial charge in [-0.1, -0.05) is 0 Å². The molecule has 0 fully saturated rings. The molecule has 0 bridgehead atoms. The summed E-state index contributed by atoms with van der Waals surface area (Å²) < 4.78 is 0. The molecule has 0 spiro atoms. The molecule has 0 aliphatic carbocycles. The van der Waals surface area contributed by atoms with Crippen molar-refractivity contribution < 1.29 is 0 Å². The molecule has 0 amide bonds. The maximum absolute atomic E-state index is 4.56. The number of aromatic nitrogens is 6. The summed E-state index contributed by atoms with van der Waals surface area (Å²) in [6.45, 7) is 4.72. The van der Waals surface area contributed by atoms with Gasteiger partial charge in [-0.15, -0.1) is 16.9 Å². The van der Waals surface area contributed by atoms with E-state index in [1.165, 1.54) is 0 Å². The molecule has 0 unspecified atom stereocenters.